The number of amides is 3. The number of nitrogens with zero attached hydrogens (tertiary/aromatic N) is 4. The number of rotatable bonds is 3. The van der Waals surface area contributed by atoms with Crippen LogP contribution in [0.3, 0.4) is 0 Å². The molecule has 2 aliphatic rings. The van der Waals surface area contributed by atoms with Gasteiger partial charge in [-0.15, -0.1) is 11.8 Å². The lowest BCUT2D eigenvalue weighted by Gasteiger charge is -2.34. The zero-order valence-electron chi connectivity index (χ0n) is 15.7. The SMILES string of the molecule is CCN1CCN(C(=O)CNC(=O)N2CCSc3nc(C)cc(C)c32)CC1. The molecule has 0 bridgehead atoms. The second-order valence-corrected chi connectivity index (χ2v) is 7.79. The predicted molar refractivity (Wildman–Crippen MR) is 104 cm³/mol. The molecular formula is C18H27N5O2S. The van der Waals surface area contributed by atoms with Gasteiger partial charge in [0.25, 0.3) is 0 Å². The van der Waals surface area contributed by atoms with E-state index in [-0.39, 0.29) is 18.5 Å². The highest BCUT2D eigenvalue weighted by Gasteiger charge is 2.27. The van der Waals surface area contributed by atoms with E-state index in [2.05, 4.69) is 22.1 Å². The van der Waals surface area contributed by atoms with E-state index in [1.807, 2.05) is 24.8 Å². The molecule has 0 radical (unpaired) electrons. The lowest BCUT2D eigenvalue weighted by Crippen LogP contribution is -2.52. The van der Waals surface area contributed by atoms with E-state index < -0.39 is 0 Å². The lowest BCUT2D eigenvalue weighted by atomic mass is 10.2. The minimum atomic E-state index is -0.221. The van der Waals surface area contributed by atoms with Gasteiger partial charge in [0.05, 0.1) is 12.2 Å². The Hall–Kier alpha value is -1.80. The normalized spacial score (nSPS) is 17.8. The van der Waals surface area contributed by atoms with E-state index in [0.29, 0.717) is 6.54 Å². The molecule has 0 atom stereocenters. The minimum Gasteiger partial charge on any atom is -0.339 e. The van der Waals surface area contributed by atoms with Crippen molar-refractivity contribution in [1.29, 1.82) is 0 Å². The second kappa shape index (κ2) is 8.26. The third-order valence-corrected chi connectivity index (χ3v) is 5.86. The van der Waals surface area contributed by atoms with Gasteiger partial charge in [-0.1, -0.05) is 6.92 Å². The molecule has 1 aromatic heterocycles. The second-order valence-electron chi connectivity index (χ2n) is 6.71. The van der Waals surface area contributed by atoms with Gasteiger partial charge in [-0.05, 0) is 32.0 Å². The molecule has 1 N–H and O–H groups in total. The standard InChI is InChI=1S/C18H27N5O2S/c1-4-21-5-7-22(8-6-21)15(24)12-19-18(25)23-9-10-26-17-16(23)13(2)11-14(3)20-17/h11H,4-10,12H2,1-3H3,(H,19,25). The fourth-order valence-electron chi connectivity index (χ4n) is 3.45. The number of thioether (sulfide) groups is 1. The van der Waals surface area contributed by atoms with E-state index in [1.54, 1.807) is 16.7 Å². The maximum atomic E-state index is 12.7. The summed E-state index contributed by atoms with van der Waals surface area (Å²) in [5.41, 5.74) is 2.86. The Labute approximate surface area is 159 Å². The summed E-state index contributed by atoms with van der Waals surface area (Å²) < 4.78 is 0. The maximum absolute atomic E-state index is 12.7. The Balaban J connectivity index is 1.59. The highest BCUT2D eigenvalue weighted by Crippen LogP contribution is 2.36. The average Bonchev–Trinajstić information content (AvgIpc) is 2.65. The molecule has 1 fully saturated rings. The molecule has 0 aliphatic carbocycles. The fourth-order valence-corrected chi connectivity index (χ4v) is 4.53. The van der Waals surface area contributed by atoms with Crippen molar-refractivity contribution in [2.24, 2.45) is 0 Å². The van der Waals surface area contributed by atoms with Gasteiger partial charge in [0.1, 0.15) is 5.03 Å². The number of likely N-dealkylation sites (N-methyl/N-ethyl adjacent to an activating group) is 1. The van der Waals surface area contributed by atoms with Gasteiger partial charge in [-0.25, -0.2) is 9.78 Å². The van der Waals surface area contributed by atoms with Crippen LogP contribution in [0, 0.1) is 13.8 Å². The Bertz CT molecular complexity index is 688. The first kappa shape index (κ1) is 19.0. The van der Waals surface area contributed by atoms with Crippen LogP contribution in [0.15, 0.2) is 11.1 Å². The number of fused-ring (bicyclic) bond motifs is 1. The molecule has 3 rings (SSSR count). The van der Waals surface area contributed by atoms with Crippen molar-refractivity contribution in [2.45, 2.75) is 25.8 Å². The number of piperazine rings is 1. The van der Waals surface area contributed by atoms with Crippen molar-refractivity contribution in [3.05, 3.63) is 17.3 Å². The number of nitrogens with one attached hydrogen (secondary N) is 1. The molecule has 3 heterocycles. The summed E-state index contributed by atoms with van der Waals surface area (Å²) in [5.74, 6) is 0.794. The molecule has 3 amide bonds. The Morgan fingerprint density at radius 2 is 1.92 bits per heavy atom. The molecule has 0 unspecified atom stereocenters. The predicted octanol–water partition coefficient (Wildman–Crippen LogP) is 1.48. The van der Waals surface area contributed by atoms with Crippen molar-refractivity contribution in [3.63, 3.8) is 0 Å². The van der Waals surface area contributed by atoms with Gasteiger partial charge in [-0.3, -0.25) is 9.69 Å². The highest BCUT2D eigenvalue weighted by atomic mass is 32.2. The quantitative estimate of drug-likeness (QED) is 0.864. The Morgan fingerprint density at radius 1 is 1.19 bits per heavy atom. The van der Waals surface area contributed by atoms with Gasteiger partial charge < -0.3 is 15.1 Å². The van der Waals surface area contributed by atoms with Crippen molar-refractivity contribution in [3.8, 4) is 0 Å². The molecule has 0 spiro atoms. The lowest BCUT2D eigenvalue weighted by molar-refractivity contribution is -0.131. The maximum Gasteiger partial charge on any atom is 0.322 e. The zero-order valence-corrected chi connectivity index (χ0v) is 16.6. The molecule has 0 saturated carbocycles. The first-order valence-electron chi connectivity index (χ1n) is 9.16. The number of carbonyl (C=O) groups excluding carboxylic acids is 2. The number of carbonyl (C=O) groups is 2. The van der Waals surface area contributed by atoms with Crippen molar-refractivity contribution < 1.29 is 9.59 Å². The van der Waals surface area contributed by atoms with Gasteiger partial charge in [0.15, 0.2) is 0 Å². The number of urea groups is 1. The first-order chi connectivity index (χ1) is 12.5. The summed E-state index contributed by atoms with van der Waals surface area (Å²) in [7, 11) is 0. The van der Waals surface area contributed by atoms with Crippen LogP contribution in [-0.2, 0) is 4.79 Å². The molecule has 1 saturated heterocycles. The third kappa shape index (κ3) is 4.12. The number of pyridine rings is 1. The summed E-state index contributed by atoms with van der Waals surface area (Å²) in [6.07, 6.45) is 0. The van der Waals surface area contributed by atoms with Crippen LogP contribution in [0.5, 0.6) is 0 Å². The molecule has 8 heteroatoms. The summed E-state index contributed by atoms with van der Waals surface area (Å²) in [5, 5.41) is 3.70. The Morgan fingerprint density at radius 3 is 2.62 bits per heavy atom. The summed E-state index contributed by atoms with van der Waals surface area (Å²) >= 11 is 1.68. The monoisotopic (exact) mass is 377 g/mol. The van der Waals surface area contributed by atoms with Crippen LogP contribution in [-0.4, -0.2) is 78.3 Å². The average molecular weight is 378 g/mol. The van der Waals surface area contributed by atoms with Gasteiger partial charge >= 0.3 is 6.03 Å². The van der Waals surface area contributed by atoms with Crippen LogP contribution >= 0.6 is 11.8 Å². The van der Waals surface area contributed by atoms with Crippen molar-refractivity contribution in [1.82, 2.24) is 20.1 Å². The molecule has 0 aromatic carbocycles. The number of hydrogen-bond acceptors (Lipinski definition) is 5. The van der Waals surface area contributed by atoms with Crippen LogP contribution < -0.4 is 10.2 Å². The van der Waals surface area contributed by atoms with E-state index >= 15 is 0 Å². The number of aromatic nitrogens is 1. The fraction of sp³-hybridized carbons (Fsp3) is 0.611. The number of aryl methyl sites for hydroxylation is 2. The third-order valence-electron chi connectivity index (χ3n) is 4.91. The number of hydrogen-bond donors (Lipinski definition) is 1. The van der Waals surface area contributed by atoms with E-state index in [9.17, 15) is 9.59 Å². The molecule has 2 aliphatic heterocycles. The van der Waals surface area contributed by atoms with Crippen LogP contribution in [0.4, 0.5) is 10.5 Å². The van der Waals surface area contributed by atoms with Crippen molar-refractivity contribution in [2.75, 3.05) is 56.5 Å². The van der Waals surface area contributed by atoms with E-state index in [1.165, 1.54) is 0 Å². The molecule has 7 nitrogen and oxygen atoms in total. The largest absolute Gasteiger partial charge is 0.339 e. The van der Waals surface area contributed by atoms with Crippen molar-refractivity contribution >= 4 is 29.4 Å². The zero-order chi connectivity index (χ0) is 18.7. The molecule has 26 heavy (non-hydrogen) atoms. The van der Waals surface area contributed by atoms with Gasteiger partial charge in [0, 0.05) is 44.2 Å². The minimum absolute atomic E-state index is 0.0144. The van der Waals surface area contributed by atoms with Crippen LogP contribution in [0.2, 0.25) is 0 Å². The summed E-state index contributed by atoms with van der Waals surface area (Å²) in [6, 6.07) is 1.77. The smallest absolute Gasteiger partial charge is 0.322 e. The molecule has 1 aromatic rings. The highest BCUT2D eigenvalue weighted by molar-refractivity contribution is 7.99. The first-order valence-corrected chi connectivity index (χ1v) is 10.1. The number of anilines is 1. The van der Waals surface area contributed by atoms with E-state index in [4.69, 9.17) is 0 Å². The van der Waals surface area contributed by atoms with Crippen LogP contribution in [0.25, 0.3) is 0 Å². The Kier molecular flexibility index (Phi) is 6.03. The summed E-state index contributed by atoms with van der Waals surface area (Å²) in [6.45, 7) is 11.0. The van der Waals surface area contributed by atoms with Crippen LogP contribution in [0.1, 0.15) is 18.2 Å². The molecular weight excluding hydrogens is 350 g/mol. The topological polar surface area (TPSA) is 68.8 Å². The van der Waals surface area contributed by atoms with Gasteiger partial charge in [0.2, 0.25) is 5.91 Å². The summed E-state index contributed by atoms with van der Waals surface area (Å²) in [4.78, 5) is 35.5. The van der Waals surface area contributed by atoms with E-state index in [0.717, 1.165) is 60.4 Å². The molecule has 142 valence electrons. The van der Waals surface area contributed by atoms with Gasteiger partial charge in [-0.2, -0.15) is 0 Å².